The SMILES string of the molecule is CCc1ccc(C(=O)NOCC(F)(F)F)o1. The van der Waals surface area contributed by atoms with Gasteiger partial charge < -0.3 is 4.42 Å². The monoisotopic (exact) mass is 237 g/mol. The molecule has 0 fully saturated rings. The van der Waals surface area contributed by atoms with Crippen LogP contribution in [0.5, 0.6) is 0 Å². The number of aryl methyl sites for hydroxylation is 1. The minimum atomic E-state index is -4.48. The third-order valence-corrected chi connectivity index (χ3v) is 1.63. The molecule has 90 valence electrons. The molecule has 0 aliphatic carbocycles. The minimum Gasteiger partial charge on any atom is -0.456 e. The van der Waals surface area contributed by atoms with E-state index in [2.05, 4.69) is 4.84 Å². The van der Waals surface area contributed by atoms with Gasteiger partial charge in [-0.25, -0.2) is 5.48 Å². The molecule has 7 heteroatoms. The standard InChI is InChI=1S/C9H10F3NO3/c1-2-6-3-4-7(16-6)8(14)13-15-5-9(10,11)12/h3-4H,2,5H2,1H3,(H,13,14). The number of alkyl halides is 3. The summed E-state index contributed by atoms with van der Waals surface area (Å²) in [6.45, 7) is 0.279. The highest BCUT2D eigenvalue weighted by molar-refractivity contribution is 5.90. The van der Waals surface area contributed by atoms with Crippen molar-refractivity contribution in [3.8, 4) is 0 Å². The Kier molecular flexibility index (Phi) is 3.94. The fraction of sp³-hybridized carbons (Fsp3) is 0.444. The maximum Gasteiger partial charge on any atom is 0.414 e. The first-order valence-electron chi connectivity index (χ1n) is 4.50. The van der Waals surface area contributed by atoms with Crippen molar-refractivity contribution in [1.82, 2.24) is 5.48 Å². The summed E-state index contributed by atoms with van der Waals surface area (Å²) in [4.78, 5) is 15.1. The number of nitrogens with one attached hydrogen (secondary N) is 1. The van der Waals surface area contributed by atoms with E-state index in [-0.39, 0.29) is 5.76 Å². The number of hydrogen-bond donors (Lipinski definition) is 1. The average molecular weight is 237 g/mol. The third-order valence-electron chi connectivity index (χ3n) is 1.63. The molecule has 0 aromatic carbocycles. The van der Waals surface area contributed by atoms with E-state index in [1.807, 2.05) is 6.92 Å². The van der Waals surface area contributed by atoms with Gasteiger partial charge in [-0.3, -0.25) is 9.63 Å². The number of hydrogen-bond acceptors (Lipinski definition) is 3. The number of furan rings is 1. The number of rotatable bonds is 4. The van der Waals surface area contributed by atoms with Crippen LogP contribution in [-0.2, 0) is 11.3 Å². The first-order valence-corrected chi connectivity index (χ1v) is 4.50. The quantitative estimate of drug-likeness (QED) is 0.815. The Labute approximate surface area is 89.3 Å². The predicted molar refractivity (Wildman–Crippen MR) is 47.6 cm³/mol. The van der Waals surface area contributed by atoms with Gasteiger partial charge in [-0.05, 0) is 12.1 Å². The van der Waals surface area contributed by atoms with Crippen LogP contribution in [-0.4, -0.2) is 18.7 Å². The molecule has 1 aromatic heterocycles. The lowest BCUT2D eigenvalue weighted by Crippen LogP contribution is -2.29. The summed E-state index contributed by atoms with van der Waals surface area (Å²) in [5.74, 6) is -0.357. The molecule has 0 radical (unpaired) electrons. The summed E-state index contributed by atoms with van der Waals surface area (Å²) in [5, 5.41) is 0. The third kappa shape index (κ3) is 3.93. The van der Waals surface area contributed by atoms with Gasteiger partial charge in [-0.15, -0.1) is 0 Å². The number of halogens is 3. The van der Waals surface area contributed by atoms with Crippen LogP contribution in [0.4, 0.5) is 13.2 Å². The second-order valence-corrected chi connectivity index (χ2v) is 2.95. The van der Waals surface area contributed by atoms with E-state index in [0.29, 0.717) is 12.2 Å². The fourth-order valence-corrected chi connectivity index (χ4v) is 0.924. The number of hydroxylamine groups is 1. The van der Waals surface area contributed by atoms with Gasteiger partial charge in [0.25, 0.3) is 0 Å². The highest BCUT2D eigenvalue weighted by Gasteiger charge is 2.28. The first kappa shape index (κ1) is 12.6. The molecule has 0 bridgehead atoms. The Hall–Kier alpha value is -1.50. The molecular weight excluding hydrogens is 227 g/mol. The van der Waals surface area contributed by atoms with Crippen LogP contribution < -0.4 is 5.48 Å². The van der Waals surface area contributed by atoms with Gasteiger partial charge >= 0.3 is 12.1 Å². The number of carbonyl (C=O) groups is 1. The average Bonchev–Trinajstić information content (AvgIpc) is 2.63. The summed E-state index contributed by atoms with van der Waals surface area (Å²) in [5.41, 5.74) is 1.64. The Bertz CT molecular complexity index is 359. The van der Waals surface area contributed by atoms with Crippen LogP contribution in [0.25, 0.3) is 0 Å². The second-order valence-electron chi connectivity index (χ2n) is 2.95. The number of amides is 1. The zero-order chi connectivity index (χ0) is 12.2. The molecule has 1 rings (SSSR count). The lowest BCUT2D eigenvalue weighted by atomic mass is 10.3. The first-order chi connectivity index (χ1) is 7.42. The van der Waals surface area contributed by atoms with E-state index in [0.717, 1.165) is 0 Å². The largest absolute Gasteiger partial charge is 0.456 e. The van der Waals surface area contributed by atoms with Crippen LogP contribution in [0.2, 0.25) is 0 Å². The van der Waals surface area contributed by atoms with Crippen molar-refractivity contribution in [2.45, 2.75) is 19.5 Å². The molecule has 0 saturated heterocycles. The molecule has 0 aliphatic heterocycles. The van der Waals surface area contributed by atoms with Crippen molar-refractivity contribution in [1.29, 1.82) is 0 Å². The zero-order valence-corrected chi connectivity index (χ0v) is 8.43. The van der Waals surface area contributed by atoms with E-state index in [4.69, 9.17) is 4.42 Å². The highest BCUT2D eigenvalue weighted by atomic mass is 19.4. The van der Waals surface area contributed by atoms with E-state index >= 15 is 0 Å². The van der Waals surface area contributed by atoms with Crippen molar-refractivity contribution in [2.24, 2.45) is 0 Å². The van der Waals surface area contributed by atoms with E-state index in [9.17, 15) is 18.0 Å². The predicted octanol–water partition coefficient (Wildman–Crippen LogP) is 2.07. The van der Waals surface area contributed by atoms with E-state index in [1.165, 1.54) is 6.07 Å². The van der Waals surface area contributed by atoms with Gasteiger partial charge in [0.15, 0.2) is 12.4 Å². The molecule has 4 nitrogen and oxygen atoms in total. The molecule has 1 amide bonds. The summed E-state index contributed by atoms with van der Waals surface area (Å²) in [6.07, 6.45) is -3.89. The van der Waals surface area contributed by atoms with Gasteiger partial charge in [0.1, 0.15) is 5.76 Å². The van der Waals surface area contributed by atoms with Gasteiger partial charge in [-0.2, -0.15) is 13.2 Å². The molecule has 0 atom stereocenters. The van der Waals surface area contributed by atoms with Crippen LogP contribution >= 0.6 is 0 Å². The maximum atomic E-state index is 11.7. The van der Waals surface area contributed by atoms with Crippen molar-refractivity contribution < 1.29 is 27.2 Å². The highest BCUT2D eigenvalue weighted by Crippen LogP contribution is 2.14. The minimum absolute atomic E-state index is 0.0842. The van der Waals surface area contributed by atoms with Gasteiger partial charge in [-0.1, -0.05) is 6.92 Å². The summed E-state index contributed by atoms with van der Waals surface area (Å²) < 4.78 is 40.0. The van der Waals surface area contributed by atoms with Crippen LogP contribution in [0.15, 0.2) is 16.5 Å². The van der Waals surface area contributed by atoms with Crippen LogP contribution in [0.3, 0.4) is 0 Å². The Morgan fingerprint density at radius 2 is 2.19 bits per heavy atom. The smallest absolute Gasteiger partial charge is 0.414 e. The van der Waals surface area contributed by atoms with E-state index in [1.54, 1.807) is 11.5 Å². The topological polar surface area (TPSA) is 51.5 Å². The Morgan fingerprint density at radius 1 is 1.50 bits per heavy atom. The van der Waals surface area contributed by atoms with Crippen LogP contribution in [0.1, 0.15) is 23.2 Å². The number of carbonyl (C=O) groups excluding carboxylic acids is 1. The zero-order valence-electron chi connectivity index (χ0n) is 8.43. The van der Waals surface area contributed by atoms with Crippen molar-refractivity contribution in [3.63, 3.8) is 0 Å². The van der Waals surface area contributed by atoms with Crippen LogP contribution in [0, 0.1) is 0 Å². The summed E-state index contributed by atoms with van der Waals surface area (Å²) in [6, 6.07) is 2.93. The van der Waals surface area contributed by atoms with Gasteiger partial charge in [0.2, 0.25) is 0 Å². The molecule has 1 aromatic rings. The molecule has 0 saturated carbocycles. The van der Waals surface area contributed by atoms with Crippen molar-refractivity contribution in [2.75, 3.05) is 6.61 Å². The molecule has 0 spiro atoms. The Morgan fingerprint density at radius 3 is 2.69 bits per heavy atom. The molecule has 1 heterocycles. The second kappa shape index (κ2) is 5.02. The molecular formula is C9H10F3NO3. The van der Waals surface area contributed by atoms with Gasteiger partial charge in [0.05, 0.1) is 0 Å². The van der Waals surface area contributed by atoms with E-state index < -0.39 is 18.7 Å². The fourth-order valence-electron chi connectivity index (χ4n) is 0.924. The lowest BCUT2D eigenvalue weighted by molar-refractivity contribution is -0.184. The molecule has 0 unspecified atom stereocenters. The molecule has 16 heavy (non-hydrogen) atoms. The normalized spacial score (nSPS) is 11.5. The summed E-state index contributed by atoms with van der Waals surface area (Å²) >= 11 is 0. The lowest BCUT2D eigenvalue weighted by Gasteiger charge is -2.06. The molecule has 0 aliphatic rings. The molecule has 1 N–H and O–H groups in total. The maximum absolute atomic E-state index is 11.7. The summed E-state index contributed by atoms with van der Waals surface area (Å²) in [7, 11) is 0. The Balaban J connectivity index is 2.41. The van der Waals surface area contributed by atoms with Crippen molar-refractivity contribution >= 4 is 5.91 Å². The van der Waals surface area contributed by atoms with Gasteiger partial charge in [0, 0.05) is 6.42 Å². The van der Waals surface area contributed by atoms with Crippen molar-refractivity contribution in [3.05, 3.63) is 23.7 Å².